The third-order valence-electron chi connectivity index (χ3n) is 1.67. The van der Waals surface area contributed by atoms with E-state index in [9.17, 15) is 18.0 Å². The highest BCUT2D eigenvalue weighted by Crippen LogP contribution is 2.27. The minimum absolute atomic E-state index is 0.452. The zero-order valence-electron chi connectivity index (χ0n) is 7.63. The van der Waals surface area contributed by atoms with Crippen molar-refractivity contribution in [2.45, 2.75) is 6.43 Å². The number of nitrogens with two attached hydrogens (primary N) is 1. The molecule has 0 fully saturated rings. The summed E-state index contributed by atoms with van der Waals surface area (Å²) in [6.45, 7) is 0. The summed E-state index contributed by atoms with van der Waals surface area (Å²) >= 11 is 0. The van der Waals surface area contributed by atoms with Crippen molar-refractivity contribution in [1.82, 2.24) is 4.98 Å². The van der Waals surface area contributed by atoms with Gasteiger partial charge in [0.05, 0.1) is 7.11 Å². The van der Waals surface area contributed by atoms with Gasteiger partial charge in [-0.1, -0.05) is 0 Å². The van der Waals surface area contributed by atoms with Gasteiger partial charge in [-0.2, -0.15) is 4.39 Å². The maximum absolute atomic E-state index is 12.7. The number of carbonyl (C=O) groups excluding carboxylic acids is 1. The second-order valence-corrected chi connectivity index (χ2v) is 2.59. The van der Waals surface area contributed by atoms with Gasteiger partial charge >= 0.3 is 5.97 Å². The van der Waals surface area contributed by atoms with E-state index < -0.39 is 35.3 Å². The Balaban J connectivity index is 3.40. The Labute approximate surface area is 82.9 Å². The van der Waals surface area contributed by atoms with Crippen molar-refractivity contribution in [3.8, 4) is 0 Å². The number of rotatable bonds is 2. The van der Waals surface area contributed by atoms with Gasteiger partial charge in [0, 0.05) is 11.6 Å². The SMILES string of the molecule is COC(=O)c1c(C(F)F)cc(F)nc1N. The number of pyridine rings is 1. The van der Waals surface area contributed by atoms with E-state index in [2.05, 4.69) is 9.72 Å². The van der Waals surface area contributed by atoms with Crippen LogP contribution in [-0.2, 0) is 4.74 Å². The molecule has 1 rings (SSSR count). The number of aromatic nitrogens is 1. The Hall–Kier alpha value is -1.79. The van der Waals surface area contributed by atoms with Crippen molar-refractivity contribution >= 4 is 11.8 Å². The first-order valence-electron chi connectivity index (χ1n) is 3.79. The molecule has 1 aromatic rings. The minimum Gasteiger partial charge on any atom is -0.465 e. The van der Waals surface area contributed by atoms with Crippen LogP contribution in [0.4, 0.5) is 19.0 Å². The Kier molecular flexibility index (Phi) is 3.13. The number of carbonyl (C=O) groups is 1. The lowest BCUT2D eigenvalue weighted by Gasteiger charge is -2.08. The Morgan fingerprint density at radius 3 is 2.67 bits per heavy atom. The van der Waals surface area contributed by atoms with E-state index in [-0.39, 0.29) is 0 Å². The van der Waals surface area contributed by atoms with Gasteiger partial charge < -0.3 is 10.5 Å². The summed E-state index contributed by atoms with van der Waals surface area (Å²) in [5.74, 6) is -2.86. The lowest BCUT2D eigenvalue weighted by Crippen LogP contribution is -2.12. The molecule has 0 unspecified atom stereocenters. The van der Waals surface area contributed by atoms with Crippen molar-refractivity contribution in [1.29, 1.82) is 0 Å². The van der Waals surface area contributed by atoms with E-state index in [1.807, 2.05) is 0 Å². The van der Waals surface area contributed by atoms with Crippen molar-refractivity contribution in [2.24, 2.45) is 0 Å². The molecule has 0 atom stereocenters. The molecule has 0 saturated heterocycles. The van der Waals surface area contributed by atoms with Gasteiger partial charge in [0.25, 0.3) is 6.43 Å². The number of anilines is 1. The summed E-state index contributed by atoms with van der Waals surface area (Å²) in [5.41, 5.74) is 3.72. The average molecular weight is 220 g/mol. The highest BCUT2D eigenvalue weighted by atomic mass is 19.3. The van der Waals surface area contributed by atoms with Gasteiger partial charge in [-0.15, -0.1) is 0 Å². The summed E-state index contributed by atoms with van der Waals surface area (Å²) in [6, 6.07) is 0.452. The number of nitrogens with zero attached hydrogens (tertiary/aromatic N) is 1. The molecule has 1 aromatic heterocycles. The molecule has 4 nitrogen and oxygen atoms in total. The van der Waals surface area contributed by atoms with Gasteiger partial charge in [0.2, 0.25) is 5.95 Å². The summed E-state index contributed by atoms with van der Waals surface area (Å²) in [4.78, 5) is 14.1. The topological polar surface area (TPSA) is 65.2 Å². The molecule has 82 valence electrons. The molecular formula is C8H7F3N2O2. The number of hydrogen-bond donors (Lipinski definition) is 1. The monoisotopic (exact) mass is 220 g/mol. The van der Waals surface area contributed by atoms with Crippen LogP contribution in [0.3, 0.4) is 0 Å². The molecule has 0 saturated carbocycles. The minimum atomic E-state index is -3.03. The number of alkyl halides is 2. The van der Waals surface area contributed by atoms with Gasteiger partial charge in [0.1, 0.15) is 11.4 Å². The van der Waals surface area contributed by atoms with Crippen LogP contribution in [0.5, 0.6) is 0 Å². The largest absolute Gasteiger partial charge is 0.465 e. The van der Waals surface area contributed by atoms with Crippen LogP contribution in [0.2, 0.25) is 0 Å². The number of methoxy groups -OCH3 is 1. The van der Waals surface area contributed by atoms with Crippen LogP contribution in [0.1, 0.15) is 22.3 Å². The number of esters is 1. The van der Waals surface area contributed by atoms with E-state index in [0.29, 0.717) is 6.07 Å². The van der Waals surface area contributed by atoms with Crippen LogP contribution in [0.25, 0.3) is 0 Å². The first-order chi connectivity index (χ1) is 6.97. The lowest BCUT2D eigenvalue weighted by atomic mass is 10.1. The highest BCUT2D eigenvalue weighted by Gasteiger charge is 2.24. The van der Waals surface area contributed by atoms with Crippen LogP contribution >= 0.6 is 0 Å². The molecule has 1 heterocycles. The van der Waals surface area contributed by atoms with E-state index >= 15 is 0 Å². The van der Waals surface area contributed by atoms with Crippen LogP contribution < -0.4 is 5.73 Å². The lowest BCUT2D eigenvalue weighted by molar-refractivity contribution is 0.0590. The molecule has 0 aliphatic rings. The Morgan fingerprint density at radius 2 is 2.20 bits per heavy atom. The maximum Gasteiger partial charge on any atom is 0.342 e. The van der Waals surface area contributed by atoms with E-state index in [0.717, 1.165) is 7.11 Å². The van der Waals surface area contributed by atoms with Gasteiger partial charge in [-0.05, 0) is 0 Å². The van der Waals surface area contributed by atoms with Crippen molar-refractivity contribution in [3.05, 3.63) is 23.1 Å². The van der Waals surface area contributed by atoms with Crippen LogP contribution in [0, 0.1) is 5.95 Å². The number of hydrogen-bond acceptors (Lipinski definition) is 4. The molecular weight excluding hydrogens is 213 g/mol. The third-order valence-corrected chi connectivity index (χ3v) is 1.67. The summed E-state index contributed by atoms with van der Waals surface area (Å²) in [7, 11) is 1.00. The quantitative estimate of drug-likeness (QED) is 0.606. The summed E-state index contributed by atoms with van der Waals surface area (Å²) in [5, 5.41) is 0. The zero-order chi connectivity index (χ0) is 11.6. The maximum atomic E-state index is 12.7. The second kappa shape index (κ2) is 4.16. The Bertz CT molecular complexity index is 396. The van der Waals surface area contributed by atoms with Gasteiger partial charge in [0.15, 0.2) is 0 Å². The molecule has 0 aliphatic heterocycles. The fraction of sp³-hybridized carbons (Fsp3) is 0.250. The highest BCUT2D eigenvalue weighted by molar-refractivity contribution is 5.95. The first-order valence-corrected chi connectivity index (χ1v) is 3.79. The third kappa shape index (κ3) is 2.17. The van der Waals surface area contributed by atoms with E-state index in [1.54, 1.807) is 0 Å². The summed E-state index contributed by atoms with van der Waals surface area (Å²) < 4.78 is 41.7. The van der Waals surface area contributed by atoms with E-state index in [4.69, 9.17) is 5.73 Å². The molecule has 2 N–H and O–H groups in total. The molecule has 0 spiro atoms. The van der Waals surface area contributed by atoms with E-state index in [1.165, 1.54) is 0 Å². The molecule has 0 radical (unpaired) electrons. The molecule has 7 heteroatoms. The second-order valence-electron chi connectivity index (χ2n) is 2.59. The zero-order valence-corrected chi connectivity index (χ0v) is 7.63. The molecule has 0 amide bonds. The number of ether oxygens (including phenoxy) is 1. The molecule has 0 aliphatic carbocycles. The Morgan fingerprint density at radius 1 is 1.60 bits per heavy atom. The number of nitrogen functional groups attached to an aromatic ring is 1. The predicted molar refractivity (Wildman–Crippen MR) is 44.9 cm³/mol. The number of halogens is 3. The van der Waals surface area contributed by atoms with Gasteiger partial charge in [-0.3, -0.25) is 0 Å². The fourth-order valence-corrected chi connectivity index (χ4v) is 1.05. The average Bonchev–Trinajstić information content (AvgIpc) is 2.15. The molecule has 0 aromatic carbocycles. The smallest absolute Gasteiger partial charge is 0.342 e. The van der Waals surface area contributed by atoms with Gasteiger partial charge in [-0.25, -0.2) is 18.6 Å². The molecule has 15 heavy (non-hydrogen) atoms. The molecule has 0 bridgehead atoms. The summed E-state index contributed by atoms with van der Waals surface area (Å²) in [6.07, 6.45) is -3.03. The van der Waals surface area contributed by atoms with Crippen molar-refractivity contribution < 1.29 is 22.7 Å². The fourth-order valence-electron chi connectivity index (χ4n) is 1.05. The van der Waals surface area contributed by atoms with Crippen LogP contribution in [0.15, 0.2) is 6.07 Å². The predicted octanol–water partition coefficient (Wildman–Crippen LogP) is 1.53. The normalized spacial score (nSPS) is 10.5. The van der Waals surface area contributed by atoms with Crippen molar-refractivity contribution in [3.63, 3.8) is 0 Å². The standard InChI is InChI=1S/C8H7F3N2O2/c1-15-8(14)5-3(6(10)11)2-4(9)13-7(5)12/h2,6H,1H3,(H2,12,13). The first kappa shape index (κ1) is 11.3. The van der Waals surface area contributed by atoms with Crippen LogP contribution in [-0.4, -0.2) is 18.1 Å². The van der Waals surface area contributed by atoms with Crippen molar-refractivity contribution in [2.75, 3.05) is 12.8 Å².